The third-order valence-corrected chi connectivity index (χ3v) is 6.86. The van der Waals surface area contributed by atoms with E-state index in [0.29, 0.717) is 57.3 Å². The molecule has 0 saturated heterocycles. The molecule has 6 rings (SSSR count). The van der Waals surface area contributed by atoms with Gasteiger partial charge in [0.05, 0.1) is 19.8 Å². The third kappa shape index (κ3) is 5.17. The van der Waals surface area contributed by atoms with E-state index in [1.165, 1.54) is 6.07 Å². The van der Waals surface area contributed by atoms with Crippen molar-refractivity contribution in [3.63, 3.8) is 0 Å². The lowest BCUT2D eigenvalue weighted by molar-refractivity contribution is 0.0734. The van der Waals surface area contributed by atoms with E-state index >= 15 is 0 Å². The number of rotatable bonds is 8. The largest absolute Gasteiger partial charge is 0.497 e. The predicted molar refractivity (Wildman–Crippen MR) is 156 cm³/mol. The maximum absolute atomic E-state index is 13.3. The number of ketones is 1. The van der Waals surface area contributed by atoms with Gasteiger partial charge in [0.25, 0.3) is 0 Å². The Morgan fingerprint density at radius 2 is 1.64 bits per heavy atom. The maximum atomic E-state index is 13.3. The molecule has 1 aliphatic rings. The lowest BCUT2D eigenvalue weighted by Crippen LogP contribution is -2.09. The SMILES string of the molecule is COc1ccc(OC)c(/C=C2\Oc3cc(OC(=O)c4c(C)oc5ccc(OCc6ccccc6)cc45)ccc3C2=O)c1. The number of allylic oxidation sites excluding steroid dienone is 1. The van der Waals surface area contributed by atoms with Crippen LogP contribution in [-0.2, 0) is 6.61 Å². The van der Waals surface area contributed by atoms with E-state index in [0.717, 1.165) is 5.56 Å². The fourth-order valence-electron chi connectivity index (χ4n) is 4.77. The molecule has 0 saturated carbocycles. The van der Waals surface area contributed by atoms with Crippen molar-refractivity contribution in [1.29, 1.82) is 0 Å². The molecule has 0 bridgehead atoms. The minimum Gasteiger partial charge on any atom is -0.497 e. The summed E-state index contributed by atoms with van der Waals surface area (Å²) < 4.78 is 34.0. The highest BCUT2D eigenvalue weighted by molar-refractivity contribution is 6.14. The maximum Gasteiger partial charge on any atom is 0.347 e. The first-order chi connectivity index (χ1) is 20.4. The predicted octanol–water partition coefficient (Wildman–Crippen LogP) is 7.17. The van der Waals surface area contributed by atoms with Crippen LogP contribution in [-0.4, -0.2) is 26.0 Å². The van der Waals surface area contributed by atoms with E-state index in [1.54, 1.807) is 75.8 Å². The molecule has 210 valence electrons. The van der Waals surface area contributed by atoms with Crippen LogP contribution >= 0.6 is 0 Å². The van der Waals surface area contributed by atoms with E-state index in [4.69, 9.17) is 28.1 Å². The van der Waals surface area contributed by atoms with Gasteiger partial charge in [-0.2, -0.15) is 0 Å². The summed E-state index contributed by atoms with van der Waals surface area (Å²) >= 11 is 0. The molecule has 8 heteroatoms. The lowest BCUT2D eigenvalue weighted by atomic mass is 10.1. The quantitative estimate of drug-likeness (QED) is 0.112. The number of ether oxygens (including phenoxy) is 5. The van der Waals surface area contributed by atoms with Gasteiger partial charge in [-0.05, 0) is 67.1 Å². The van der Waals surface area contributed by atoms with Crippen LogP contribution in [0, 0.1) is 6.92 Å². The Labute approximate surface area is 241 Å². The van der Waals surface area contributed by atoms with Gasteiger partial charge in [-0.15, -0.1) is 0 Å². The number of benzene rings is 4. The van der Waals surface area contributed by atoms with Crippen molar-refractivity contribution in [2.75, 3.05) is 14.2 Å². The topological polar surface area (TPSA) is 93.4 Å². The number of hydrogen-bond acceptors (Lipinski definition) is 8. The first kappa shape index (κ1) is 26.7. The van der Waals surface area contributed by atoms with Crippen LogP contribution in [0.3, 0.4) is 0 Å². The molecule has 0 radical (unpaired) electrons. The number of fused-ring (bicyclic) bond motifs is 2. The number of furan rings is 1. The van der Waals surface area contributed by atoms with Crippen LogP contribution in [0.2, 0.25) is 0 Å². The molecule has 0 atom stereocenters. The minimum atomic E-state index is -0.604. The molecule has 0 aliphatic carbocycles. The molecule has 0 unspecified atom stereocenters. The summed E-state index contributed by atoms with van der Waals surface area (Å²) in [5.41, 5.74) is 2.83. The molecule has 0 N–H and O–H groups in total. The number of aryl methyl sites for hydroxylation is 1. The normalized spacial score (nSPS) is 13.1. The van der Waals surface area contributed by atoms with Crippen molar-refractivity contribution >= 4 is 28.8 Å². The van der Waals surface area contributed by atoms with Crippen LogP contribution in [0.25, 0.3) is 17.0 Å². The van der Waals surface area contributed by atoms with Gasteiger partial charge in [0.2, 0.25) is 5.78 Å². The standard InChI is InChI=1S/C34H26O8/c1-20-32(27-17-24(11-14-29(27)40-20)39-19-21-7-5-4-6-8-21)34(36)41-25-9-12-26-30(18-25)42-31(33(26)35)16-22-15-23(37-2)10-13-28(22)38-3/h4-18H,19H2,1-3H3/b31-16-. The number of methoxy groups -OCH3 is 2. The Morgan fingerprint density at radius 1 is 0.857 bits per heavy atom. The van der Waals surface area contributed by atoms with Crippen LogP contribution in [0.4, 0.5) is 0 Å². The zero-order chi connectivity index (χ0) is 29.2. The van der Waals surface area contributed by atoms with Crippen molar-refractivity contribution < 1.29 is 37.7 Å². The average Bonchev–Trinajstić information content (AvgIpc) is 3.50. The summed E-state index contributed by atoms with van der Waals surface area (Å²) in [5, 5.41) is 0.577. The number of Topliss-reactive ketones (excluding diaryl/α,β-unsaturated/α-hetero) is 1. The van der Waals surface area contributed by atoms with E-state index in [9.17, 15) is 9.59 Å². The molecule has 0 fully saturated rings. The zero-order valence-electron chi connectivity index (χ0n) is 23.1. The lowest BCUT2D eigenvalue weighted by Gasteiger charge is -2.08. The van der Waals surface area contributed by atoms with Crippen molar-refractivity contribution in [2.24, 2.45) is 0 Å². The molecular formula is C34H26O8. The second-order valence-corrected chi connectivity index (χ2v) is 9.56. The fourth-order valence-corrected chi connectivity index (χ4v) is 4.77. The van der Waals surface area contributed by atoms with Gasteiger partial charge in [-0.1, -0.05) is 30.3 Å². The van der Waals surface area contributed by atoms with Crippen molar-refractivity contribution in [3.8, 4) is 28.7 Å². The first-order valence-electron chi connectivity index (χ1n) is 13.2. The molecule has 0 spiro atoms. The Balaban J connectivity index is 1.22. The van der Waals surface area contributed by atoms with Gasteiger partial charge in [-0.25, -0.2) is 4.79 Å². The summed E-state index contributed by atoms with van der Waals surface area (Å²) in [6, 6.07) is 25.0. The monoisotopic (exact) mass is 562 g/mol. The summed E-state index contributed by atoms with van der Waals surface area (Å²) in [6.07, 6.45) is 1.59. The summed E-state index contributed by atoms with van der Waals surface area (Å²) in [5.74, 6) is 1.89. The van der Waals surface area contributed by atoms with Crippen molar-refractivity contribution in [2.45, 2.75) is 13.5 Å². The molecule has 2 heterocycles. The highest BCUT2D eigenvalue weighted by atomic mass is 16.5. The Hall–Kier alpha value is -5.50. The van der Waals surface area contributed by atoms with E-state index < -0.39 is 5.97 Å². The highest BCUT2D eigenvalue weighted by Gasteiger charge is 2.29. The summed E-state index contributed by atoms with van der Waals surface area (Å²) in [6.45, 7) is 2.09. The van der Waals surface area contributed by atoms with Crippen LogP contribution in [0.1, 0.15) is 37.6 Å². The molecule has 4 aromatic carbocycles. The molecule has 1 aliphatic heterocycles. The molecule has 0 amide bonds. The van der Waals surface area contributed by atoms with E-state index in [-0.39, 0.29) is 23.0 Å². The van der Waals surface area contributed by atoms with Gasteiger partial charge in [0.1, 0.15) is 52.3 Å². The Bertz CT molecular complexity index is 1850. The number of hydrogen-bond donors (Lipinski definition) is 0. The smallest absolute Gasteiger partial charge is 0.347 e. The van der Waals surface area contributed by atoms with Gasteiger partial charge in [0.15, 0.2) is 5.76 Å². The molecular weight excluding hydrogens is 536 g/mol. The summed E-state index contributed by atoms with van der Waals surface area (Å²) in [4.78, 5) is 26.4. The molecule has 42 heavy (non-hydrogen) atoms. The zero-order valence-corrected chi connectivity index (χ0v) is 23.1. The van der Waals surface area contributed by atoms with Crippen LogP contribution < -0.4 is 23.7 Å². The van der Waals surface area contributed by atoms with E-state index in [2.05, 4.69) is 0 Å². The average molecular weight is 563 g/mol. The second kappa shape index (κ2) is 11.2. The Kier molecular flexibility index (Phi) is 7.10. The van der Waals surface area contributed by atoms with E-state index in [1.807, 2.05) is 30.3 Å². The number of carbonyl (C=O) groups excluding carboxylic acids is 2. The molecule has 1 aromatic heterocycles. The summed E-state index contributed by atoms with van der Waals surface area (Å²) in [7, 11) is 3.10. The van der Waals surface area contributed by atoms with Crippen molar-refractivity contribution in [1.82, 2.24) is 0 Å². The fraction of sp³-hybridized carbons (Fsp3) is 0.118. The second-order valence-electron chi connectivity index (χ2n) is 9.56. The number of esters is 1. The third-order valence-electron chi connectivity index (χ3n) is 6.86. The molecule has 8 nitrogen and oxygen atoms in total. The van der Waals surface area contributed by atoms with Gasteiger partial charge in [0, 0.05) is 17.0 Å². The number of carbonyl (C=O) groups is 2. The first-order valence-corrected chi connectivity index (χ1v) is 13.2. The van der Waals surface area contributed by atoms with Gasteiger partial charge >= 0.3 is 5.97 Å². The highest BCUT2D eigenvalue weighted by Crippen LogP contribution is 2.37. The van der Waals surface area contributed by atoms with Gasteiger partial charge in [-0.3, -0.25) is 4.79 Å². The van der Waals surface area contributed by atoms with Crippen LogP contribution in [0.15, 0.2) is 95.1 Å². The molecule has 5 aromatic rings. The Morgan fingerprint density at radius 3 is 2.43 bits per heavy atom. The van der Waals surface area contributed by atoms with Gasteiger partial charge < -0.3 is 28.1 Å². The van der Waals surface area contributed by atoms with Crippen LogP contribution in [0.5, 0.6) is 28.7 Å². The van der Waals surface area contributed by atoms with Crippen molar-refractivity contribution in [3.05, 3.63) is 119 Å². The minimum absolute atomic E-state index is 0.111.